The number of ether oxygens (including phenoxy) is 2. The summed E-state index contributed by atoms with van der Waals surface area (Å²) in [5.41, 5.74) is 0.0263. The van der Waals surface area contributed by atoms with Crippen molar-refractivity contribution in [2.45, 2.75) is 114 Å². The molecule has 0 radical (unpaired) electrons. The van der Waals surface area contributed by atoms with E-state index in [-0.39, 0.29) is 50.8 Å². The van der Waals surface area contributed by atoms with Crippen molar-refractivity contribution in [3.8, 4) is 0 Å². The average molecular weight is 777 g/mol. The second kappa shape index (κ2) is 19.4. The van der Waals surface area contributed by atoms with Gasteiger partial charge in [-0.15, -0.1) is 0 Å². The van der Waals surface area contributed by atoms with Crippen LogP contribution in [0.2, 0.25) is 0 Å². The third-order valence-corrected chi connectivity index (χ3v) is 10.2. The lowest BCUT2D eigenvalue weighted by Gasteiger charge is -2.34. The van der Waals surface area contributed by atoms with Crippen LogP contribution in [0, 0.1) is 11.6 Å². The molecule has 16 nitrogen and oxygen atoms in total. The minimum absolute atomic E-state index is 0.0263. The fraction of sp³-hybridized carbons (Fsp3) is 0.622. The van der Waals surface area contributed by atoms with Gasteiger partial charge < -0.3 is 40.1 Å². The molecule has 18 heteroatoms. The molecule has 3 fully saturated rings. The van der Waals surface area contributed by atoms with E-state index in [1.165, 1.54) is 42.7 Å². The van der Waals surface area contributed by atoms with Crippen LogP contribution >= 0.6 is 0 Å². The maximum atomic E-state index is 14.2. The lowest BCUT2D eigenvalue weighted by molar-refractivity contribution is -0.158. The first kappa shape index (κ1) is 42.6. The first-order valence-electron chi connectivity index (χ1n) is 18.6. The summed E-state index contributed by atoms with van der Waals surface area (Å²) < 4.78 is 38.5. The molecule has 302 valence electrons. The van der Waals surface area contributed by atoms with E-state index in [4.69, 9.17) is 4.74 Å². The summed E-state index contributed by atoms with van der Waals surface area (Å²) in [7, 11) is 2.67. The van der Waals surface area contributed by atoms with Gasteiger partial charge in [-0.2, -0.15) is 0 Å². The molecule has 0 saturated carbocycles. The van der Waals surface area contributed by atoms with Crippen LogP contribution < -0.4 is 16.0 Å². The van der Waals surface area contributed by atoms with Crippen molar-refractivity contribution in [2.24, 2.45) is 0 Å². The number of hydrogen-bond donors (Lipinski definition) is 3. The number of methoxy groups -OCH3 is 1. The van der Waals surface area contributed by atoms with Crippen LogP contribution in [-0.2, 0) is 54.3 Å². The molecule has 0 aromatic heterocycles. The van der Waals surface area contributed by atoms with Gasteiger partial charge >= 0.3 is 11.9 Å². The topological polar surface area (TPSA) is 201 Å². The molecular formula is C37H50F2N6O10. The summed E-state index contributed by atoms with van der Waals surface area (Å²) in [5.74, 6) is -7.10. The molecular weight excluding hydrogens is 726 g/mol. The predicted octanol–water partition coefficient (Wildman–Crippen LogP) is 0.491. The Hall–Kier alpha value is -5.16. The van der Waals surface area contributed by atoms with Crippen LogP contribution in [0.4, 0.5) is 8.78 Å². The maximum Gasteiger partial charge on any atom is 0.328 e. The number of nitrogens with zero attached hydrogens (tertiary/aromatic N) is 3. The molecule has 3 N–H and O–H groups in total. The Morgan fingerprint density at radius 2 is 1.51 bits per heavy atom. The van der Waals surface area contributed by atoms with Gasteiger partial charge in [-0.1, -0.05) is 6.42 Å². The van der Waals surface area contributed by atoms with Gasteiger partial charge in [0.25, 0.3) is 0 Å². The van der Waals surface area contributed by atoms with E-state index in [0.717, 1.165) is 12.1 Å². The minimum atomic E-state index is -1.59. The second-order valence-electron chi connectivity index (χ2n) is 14.2. The molecule has 6 atom stereocenters. The number of nitrogens with one attached hydrogen (secondary N) is 3. The number of benzene rings is 1. The highest BCUT2D eigenvalue weighted by Crippen LogP contribution is 2.24. The van der Waals surface area contributed by atoms with Crippen molar-refractivity contribution >= 4 is 47.4 Å². The Morgan fingerprint density at radius 3 is 2.16 bits per heavy atom. The molecule has 4 rings (SSSR count). The zero-order valence-electron chi connectivity index (χ0n) is 31.6. The summed E-state index contributed by atoms with van der Waals surface area (Å²) in [6.07, 6.45) is 2.37. The van der Waals surface area contributed by atoms with Crippen molar-refractivity contribution in [3.05, 3.63) is 35.4 Å². The van der Waals surface area contributed by atoms with E-state index in [0.29, 0.717) is 38.2 Å². The van der Waals surface area contributed by atoms with Crippen molar-refractivity contribution < 1.29 is 56.6 Å². The first-order chi connectivity index (χ1) is 26.1. The standard InChI is InChI=1S/C37H50F2N6O10/c1-21-34(50)45-15-9-11-29(45)37(53)55-20-27(35(51)44-14-8-10-28(44)36(52)43(3)22(2)32(48)40-21)42-33(49)26(18-23-16-24(38)19-25(39)17-23)41-30(46)12-6-5-7-13-31(47)54-4/h16-17,19,21-22,26-29H,5-15,18,20H2,1-4H3,(H,40,48)(H,41,46)(H,42,49)/t21-,22-,26-,27-,28-,29-/m0/s1. The van der Waals surface area contributed by atoms with Crippen LogP contribution in [0.15, 0.2) is 18.2 Å². The van der Waals surface area contributed by atoms with E-state index >= 15 is 0 Å². The molecule has 3 aliphatic rings. The van der Waals surface area contributed by atoms with Gasteiger partial charge in [-0.25, -0.2) is 13.6 Å². The molecule has 0 unspecified atom stereocenters. The molecule has 3 heterocycles. The highest BCUT2D eigenvalue weighted by atomic mass is 19.1. The van der Waals surface area contributed by atoms with Crippen molar-refractivity contribution in [3.63, 3.8) is 0 Å². The Bertz CT molecular complexity index is 1620. The van der Waals surface area contributed by atoms with Gasteiger partial charge in [0.05, 0.1) is 7.11 Å². The van der Waals surface area contributed by atoms with Crippen LogP contribution in [0.5, 0.6) is 0 Å². The smallest absolute Gasteiger partial charge is 0.328 e. The number of rotatable bonds is 11. The summed E-state index contributed by atoms with van der Waals surface area (Å²) >= 11 is 0. The zero-order chi connectivity index (χ0) is 40.4. The maximum absolute atomic E-state index is 14.2. The number of unbranched alkanes of at least 4 members (excludes halogenated alkanes) is 2. The quantitative estimate of drug-likeness (QED) is 0.210. The third kappa shape index (κ3) is 11.2. The van der Waals surface area contributed by atoms with Gasteiger partial charge in [-0.3, -0.25) is 33.6 Å². The lowest BCUT2D eigenvalue weighted by atomic mass is 10.0. The number of esters is 2. The molecule has 6 amide bonds. The summed E-state index contributed by atoms with van der Waals surface area (Å²) in [6, 6.07) is -4.54. The van der Waals surface area contributed by atoms with Gasteiger partial charge in [0.2, 0.25) is 35.4 Å². The average Bonchev–Trinajstić information content (AvgIpc) is 3.84. The van der Waals surface area contributed by atoms with Crippen LogP contribution in [0.1, 0.15) is 77.2 Å². The molecule has 3 saturated heterocycles. The number of fused-ring (bicyclic) bond motifs is 2. The van der Waals surface area contributed by atoms with Crippen molar-refractivity contribution in [2.75, 3.05) is 33.9 Å². The number of hydrogen-bond acceptors (Lipinski definition) is 10. The summed E-state index contributed by atoms with van der Waals surface area (Å²) in [6.45, 7) is 2.56. The second-order valence-corrected chi connectivity index (χ2v) is 14.2. The number of carbonyl (C=O) groups excluding carboxylic acids is 8. The lowest BCUT2D eigenvalue weighted by Crippen LogP contribution is -2.60. The zero-order valence-corrected chi connectivity index (χ0v) is 31.6. The number of carbonyl (C=O) groups is 8. The Balaban J connectivity index is 1.61. The van der Waals surface area contributed by atoms with Crippen molar-refractivity contribution in [1.29, 1.82) is 0 Å². The minimum Gasteiger partial charge on any atom is -0.469 e. The largest absolute Gasteiger partial charge is 0.469 e. The fourth-order valence-corrected chi connectivity index (χ4v) is 6.99. The normalized spacial score (nSPS) is 24.4. The third-order valence-electron chi connectivity index (χ3n) is 10.2. The molecule has 0 bridgehead atoms. The summed E-state index contributed by atoms with van der Waals surface area (Å²) in [4.78, 5) is 110. The van der Waals surface area contributed by atoms with E-state index in [2.05, 4.69) is 20.7 Å². The number of halogens is 2. The molecule has 1 aromatic rings. The first-order valence-corrected chi connectivity index (χ1v) is 18.6. The van der Waals surface area contributed by atoms with E-state index in [1.54, 1.807) is 0 Å². The molecule has 55 heavy (non-hydrogen) atoms. The van der Waals surface area contributed by atoms with Crippen molar-refractivity contribution in [1.82, 2.24) is 30.7 Å². The predicted molar refractivity (Wildman–Crippen MR) is 189 cm³/mol. The Kier molecular flexibility index (Phi) is 15.0. The SMILES string of the molecule is COC(=O)CCCCCC(=O)N[C@@H](Cc1cc(F)cc(F)c1)C(=O)N[C@H]1COC(=O)[C@@H]2CCCN2C(=O)[C@H](C)NC(=O)[C@H](C)N(C)C(=O)[C@@H]2CCCN2C1=O. The van der Waals surface area contributed by atoms with Crippen LogP contribution in [0.25, 0.3) is 0 Å². The van der Waals surface area contributed by atoms with E-state index < -0.39 is 102 Å². The molecule has 0 aliphatic carbocycles. The van der Waals surface area contributed by atoms with Gasteiger partial charge in [0, 0.05) is 45.5 Å². The van der Waals surface area contributed by atoms with E-state index in [1.807, 2.05) is 0 Å². The highest BCUT2D eigenvalue weighted by molar-refractivity contribution is 5.97. The number of likely N-dealkylation sites (N-methyl/N-ethyl adjacent to an activating group) is 1. The van der Waals surface area contributed by atoms with Crippen LogP contribution in [-0.4, -0.2) is 132 Å². The highest BCUT2D eigenvalue weighted by Gasteiger charge is 2.43. The van der Waals surface area contributed by atoms with Crippen LogP contribution in [0.3, 0.4) is 0 Å². The number of cyclic esters (lactones) is 1. The Labute approximate surface area is 318 Å². The Morgan fingerprint density at radius 1 is 0.891 bits per heavy atom. The summed E-state index contributed by atoms with van der Waals surface area (Å²) in [5, 5.41) is 7.73. The van der Waals surface area contributed by atoms with Gasteiger partial charge in [-0.05, 0) is 70.1 Å². The fourth-order valence-electron chi connectivity index (χ4n) is 6.99. The molecule has 1 aromatic carbocycles. The van der Waals surface area contributed by atoms with E-state index in [9.17, 15) is 47.1 Å². The number of amides is 6. The molecule has 3 aliphatic heterocycles. The van der Waals surface area contributed by atoms with Gasteiger partial charge in [0.15, 0.2) is 0 Å². The monoisotopic (exact) mass is 776 g/mol. The van der Waals surface area contributed by atoms with Gasteiger partial charge in [0.1, 0.15) is 54.5 Å². The molecule has 0 spiro atoms.